The van der Waals surface area contributed by atoms with Gasteiger partial charge in [0.25, 0.3) is 5.89 Å². The number of hydrogen-bond acceptors (Lipinski definition) is 6. The third-order valence-corrected chi connectivity index (χ3v) is 7.40. The maximum atomic E-state index is 10.6. The summed E-state index contributed by atoms with van der Waals surface area (Å²) >= 11 is 3.50. The summed E-state index contributed by atoms with van der Waals surface area (Å²) in [5.74, 6) is 1.31. The Hall–Kier alpha value is -2.92. The molecule has 2 aliphatic carbocycles. The lowest BCUT2D eigenvalue weighted by atomic mass is 9.56. The first-order valence-corrected chi connectivity index (χ1v) is 11.1. The summed E-state index contributed by atoms with van der Waals surface area (Å²) in [5.41, 5.74) is 3.85. The molecule has 31 heavy (non-hydrogen) atoms. The van der Waals surface area contributed by atoms with Crippen molar-refractivity contribution in [1.29, 1.82) is 5.26 Å². The lowest BCUT2D eigenvalue weighted by molar-refractivity contribution is 0.134. The first kappa shape index (κ1) is 20.0. The number of nitriles is 1. The average molecular weight is 480 g/mol. The predicted octanol–water partition coefficient (Wildman–Crippen LogP) is 5.19. The molecule has 0 bridgehead atoms. The first-order chi connectivity index (χ1) is 14.8. The minimum Gasteiger partial charge on any atom is -0.511 e. The van der Waals surface area contributed by atoms with E-state index < -0.39 is 0 Å². The normalized spacial score (nSPS) is 25.1. The van der Waals surface area contributed by atoms with E-state index in [1.165, 1.54) is 0 Å². The molecule has 1 aromatic carbocycles. The molecule has 0 saturated heterocycles. The molecular weight excluding hydrogens is 458 g/mol. The van der Waals surface area contributed by atoms with Crippen LogP contribution in [0.5, 0.6) is 0 Å². The van der Waals surface area contributed by atoms with Crippen LogP contribution in [0.15, 0.2) is 44.6 Å². The van der Waals surface area contributed by atoms with Gasteiger partial charge in [-0.3, -0.25) is 0 Å². The van der Waals surface area contributed by atoms with E-state index in [0.29, 0.717) is 29.4 Å². The molecule has 5 rings (SSSR count). The fourth-order valence-electron chi connectivity index (χ4n) is 5.44. The van der Waals surface area contributed by atoms with Gasteiger partial charge in [-0.15, -0.1) is 0 Å². The second kappa shape index (κ2) is 7.06. The van der Waals surface area contributed by atoms with Crippen LogP contribution in [-0.4, -0.2) is 25.0 Å². The summed E-state index contributed by atoms with van der Waals surface area (Å²) < 4.78 is 8.44. The fourth-order valence-corrected chi connectivity index (χ4v) is 5.70. The molecule has 2 aliphatic rings. The second-order valence-electron chi connectivity index (χ2n) is 8.71. The maximum Gasteiger partial charge on any atom is 0.278 e. The van der Waals surface area contributed by atoms with Gasteiger partial charge < -0.3 is 9.63 Å². The largest absolute Gasteiger partial charge is 0.511 e. The van der Waals surface area contributed by atoms with Crippen molar-refractivity contribution in [3.63, 3.8) is 0 Å². The minimum atomic E-state index is -0.363. The highest BCUT2D eigenvalue weighted by atomic mass is 79.9. The lowest BCUT2D eigenvalue weighted by Gasteiger charge is -2.47. The number of aromatic nitrogens is 4. The zero-order valence-corrected chi connectivity index (χ0v) is 19.1. The van der Waals surface area contributed by atoms with Gasteiger partial charge in [-0.25, -0.2) is 4.68 Å². The number of aliphatic hydroxyl groups is 1. The standard InChI is InChI=1S/C23H22BrN5O2/c1-12-18-9-8-17-19(22-26-13(2)28-31-22)27-29(16-6-4-15(24)5-7-16)21(17)23(18,3)10-14(11-25)20(12)30/h4-7,12,18,30H,8-10H2,1-3H3/t12-,18-,23-/m1/s1. The molecular formula is C23H22BrN5O2. The summed E-state index contributed by atoms with van der Waals surface area (Å²) in [6.45, 7) is 6.00. The third-order valence-electron chi connectivity index (χ3n) is 6.87. The average Bonchev–Trinajstić information content (AvgIpc) is 3.35. The van der Waals surface area contributed by atoms with Gasteiger partial charge in [-0.05, 0) is 56.4 Å². The van der Waals surface area contributed by atoms with E-state index in [0.717, 1.165) is 34.3 Å². The van der Waals surface area contributed by atoms with Crippen molar-refractivity contribution in [2.75, 3.05) is 0 Å². The van der Waals surface area contributed by atoms with Crippen LogP contribution in [-0.2, 0) is 11.8 Å². The Morgan fingerprint density at radius 2 is 2.06 bits per heavy atom. The molecule has 3 atom stereocenters. The van der Waals surface area contributed by atoms with Crippen molar-refractivity contribution in [2.45, 2.75) is 45.4 Å². The summed E-state index contributed by atoms with van der Waals surface area (Å²) in [7, 11) is 0. The predicted molar refractivity (Wildman–Crippen MR) is 118 cm³/mol. The molecule has 0 aliphatic heterocycles. The summed E-state index contributed by atoms with van der Waals surface area (Å²) in [4.78, 5) is 4.43. The van der Waals surface area contributed by atoms with Crippen LogP contribution in [0, 0.1) is 30.1 Å². The van der Waals surface area contributed by atoms with Crippen molar-refractivity contribution in [2.24, 2.45) is 11.8 Å². The van der Waals surface area contributed by atoms with Gasteiger partial charge in [-0.1, -0.05) is 34.9 Å². The van der Waals surface area contributed by atoms with Crippen LogP contribution in [0.1, 0.15) is 43.8 Å². The van der Waals surface area contributed by atoms with Crippen LogP contribution in [0.2, 0.25) is 0 Å². The van der Waals surface area contributed by atoms with Gasteiger partial charge in [-0.2, -0.15) is 15.3 Å². The number of hydrogen-bond donors (Lipinski definition) is 1. The van der Waals surface area contributed by atoms with Gasteiger partial charge in [0.15, 0.2) is 11.5 Å². The van der Waals surface area contributed by atoms with E-state index in [1.807, 2.05) is 35.9 Å². The molecule has 8 heteroatoms. The zero-order chi connectivity index (χ0) is 21.9. The zero-order valence-electron chi connectivity index (χ0n) is 17.6. The van der Waals surface area contributed by atoms with Crippen molar-refractivity contribution >= 4 is 15.9 Å². The number of halogens is 1. The highest BCUT2D eigenvalue weighted by Gasteiger charge is 2.51. The number of nitrogens with zero attached hydrogens (tertiary/aromatic N) is 5. The minimum absolute atomic E-state index is 0.0936. The fraction of sp³-hybridized carbons (Fsp3) is 0.391. The molecule has 158 valence electrons. The summed E-state index contributed by atoms with van der Waals surface area (Å²) in [6, 6.07) is 10.2. The van der Waals surface area contributed by atoms with E-state index in [4.69, 9.17) is 9.62 Å². The monoisotopic (exact) mass is 479 g/mol. The van der Waals surface area contributed by atoms with Gasteiger partial charge in [0, 0.05) is 21.4 Å². The summed E-state index contributed by atoms with van der Waals surface area (Å²) in [5, 5.41) is 29.3. The molecule has 3 aromatic rings. The maximum absolute atomic E-state index is 10.6. The third kappa shape index (κ3) is 2.94. The van der Waals surface area contributed by atoms with Crippen molar-refractivity contribution in [3.05, 3.63) is 57.2 Å². The van der Waals surface area contributed by atoms with E-state index in [1.54, 1.807) is 6.92 Å². The van der Waals surface area contributed by atoms with Crippen LogP contribution in [0.3, 0.4) is 0 Å². The van der Waals surface area contributed by atoms with Crippen molar-refractivity contribution in [1.82, 2.24) is 19.9 Å². The topological polar surface area (TPSA) is 101 Å². The highest BCUT2D eigenvalue weighted by Crippen LogP contribution is 2.54. The van der Waals surface area contributed by atoms with E-state index in [9.17, 15) is 10.4 Å². The highest BCUT2D eigenvalue weighted by molar-refractivity contribution is 9.10. The number of benzene rings is 1. The van der Waals surface area contributed by atoms with Gasteiger partial charge in [0.05, 0.1) is 23.0 Å². The Morgan fingerprint density at radius 1 is 1.32 bits per heavy atom. The molecule has 0 saturated carbocycles. The Kier molecular flexibility index (Phi) is 4.56. The Labute approximate surface area is 188 Å². The molecule has 1 N–H and O–H groups in total. The smallest absolute Gasteiger partial charge is 0.278 e. The molecule has 0 unspecified atom stereocenters. The quantitative estimate of drug-likeness (QED) is 0.542. The van der Waals surface area contributed by atoms with Crippen LogP contribution < -0.4 is 0 Å². The summed E-state index contributed by atoms with van der Waals surface area (Å²) in [6.07, 6.45) is 2.16. The Balaban J connectivity index is 1.78. The molecule has 0 spiro atoms. The number of aryl methyl sites for hydroxylation is 1. The molecule has 0 fully saturated rings. The van der Waals surface area contributed by atoms with Crippen molar-refractivity contribution < 1.29 is 9.63 Å². The first-order valence-electron chi connectivity index (χ1n) is 10.3. The number of allylic oxidation sites excluding steroid dienone is 2. The Morgan fingerprint density at radius 3 is 2.71 bits per heavy atom. The number of aliphatic hydroxyl groups excluding tert-OH is 1. The van der Waals surface area contributed by atoms with E-state index in [-0.39, 0.29) is 23.0 Å². The lowest BCUT2D eigenvalue weighted by Crippen LogP contribution is -2.45. The van der Waals surface area contributed by atoms with E-state index in [2.05, 4.69) is 39.1 Å². The van der Waals surface area contributed by atoms with Crippen LogP contribution in [0.25, 0.3) is 17.3 Å². The van der Waals surface area contributed by atoms with E-state index >= 15 is 0 Å². The van der Waals surface area contributed by atoms with Gasteiger partial charge in [0.2, 0.25) is 0 Å². The van der Waals surface area contributed by atoms with Crippen molar-refractivity contribution in [3.8, 4) is 23.3 Å². The van der Waals surface area contributed by atoms with Crippen LogP contribution >= 0.6 is 15.9 Å². The molecule has 7 nitrogen and oxygen atoms in total. The molecule has 0 amide bonds. The van der Waals surface area contributed by atoms with Crippen LogP contribution in [0.4, 0.5) is 0 Å². The molecule has 2 aromatic heterocycles. The molecule has 2 heterocycles. The number of fused-ring (bicyclic) bond motifs is 3. The molecule has 0 radical (unpaired) electrons. The second-order valence-corrected chi connectivity index (χ2v) is 9.63. The van der Waals surface area contributed by atoms with Gasteiger partial charge >= 0.3 is 0 Å². The Bertz CT molecular complexity index is 1250. The number of rotatable bonds is 2. The van der Waals surface area contributed by atoms with Gasteiger partial charge in [0.1, 0.15) is 5.76 Å². The SMILES string of the molecule is Cc1noc(-c2nn(-c3ccc(Br)cc3)c3c2CC[C@@H]2[C@@H](C)C(O)=C(C#N)C[C@@]32C)n1.